The molecule has 0 spiro atoms. The summed E-state index contributed by atoms with van der Waals surface area (Å²) in [4.78, 5) is 0. The maximum absolute atomic E-state index is 4.29. The van der Waals surface area contributed by atoms with E-state index in [0.717, 1.165) is 24.7 Å². The molecule has 0 aliphatic heterocycles. The van der Waals surface area contributed by atoms with E-state index >= 15 is 0 Å². The van der Waals surface area contributed by atoms with E-state index in [2.05, 4.69) is 40.5 Å². The summed E-state index contributed by atoms with van der Waals surface area (Å²) in [6.45, 7) is 19.0. The molecule has 0 aromatic carbocycles. The molecule has 0 bridgehead atoms. The minimum Gasteiger partial charge on any atom is -0.103 e. The van der Waals surface area contributed by atoms with E-state index < -0.39 is 0 Å². The third-order valence-corrected chi connectivity index (χ3v) is 4.31. The highest BCUT2D eigenvalue weighted by Gasteiger charge is 2.46. The average Bonchev–Trinajstić information content (AvgIpc) is 2.22. The van der Waals surface area contributed by atoms with Crippen LogP contribution in [0.15, 0.2) is 37.0 Å². The Hall–Kier alpha value is -0.780. The van der Waals surface area contributed by atoms with Crippen molar-refractivity contribution in [2.45, 2.75) is 52.9 Å². The van der Waals surface area contributed by atoms with E-state index in [9.17, 15) is 0 Å². The summed E-state index contributed by atoms with van der Waals surface area (Å²) in [5.41, 5.74) is 3.25. The summed E-state index contributed by atoms with van der Waals surface area (Å²) < 4.78 is 0. The number of hydrogen-bond acceptors (Lipinski definition) is 0. The molecule has 2 atom stereocenters. The summed E-state index contributed by atoms with van der Waals surface area (Å²) in [5.74, 6) is 1.54. The molecule has 0 aromatic heterocycles. The molecule has 0 radical (unpaired) electrons. The average molecular weight is 232 g/mol. The molecule has 0 heteroatoms. The molecule has 0 heterocycles. The Kier molecular flexibility index (Phi) is 4.80. The van der Waals surface area contributed by atoms with Gasteiger partial charge in [-0.3, -0.25) is 0 Å². The summed E-state index contributed by atoms with van der Waals surface area (Å²) in [5, 5.41) is 0. The van der Waals surface area contributed by atoms with Gasteiger partial charge in [-0.15, -0.1) is 13.2 Å². The molecule has 1 aliphatic rings. The van der Waals surface area contributed by atoms with E-state index in [1.165, 1.54) is 30.4 Å². The lowest BCUT2D eigenvalue weighted by Crippen LogP contribution is -2.44. The van der Waals surface area contributed by atoms with Gasteiger partial charge < -0.3 is 0 Å². The summed E-state index contributed by atoms with van der Waals surface area (Å²) in [6, 6.07) is 0. The van der Waals surface area contributed by atoms with Crippen molar-refractivity contribution >= 4 is 0 Å². The van der Waals surface area contributed by atoms with Gasteiger partial charge in [0.2, 0.25) is 0 Å². The molecule has 0 amide bonds. The van der Waals surface area contributed by atoms with Crippen LogP contribution >= 0.6 is 0 Å². The first-order valence-electron chi connectivity index (χ1n) is 6.81. The summed E-state index contributed by atoms with van der Waals surface area (Å²) >= 11 is 0. The molecule has 0 nitrogen and oxygen atoms in total. The molecular weight excluding hydrogens is 204 g/mol. The normalized spacial score (nSPS) is 26.1. The lowest BCUT2D eigenvalue weighted by molar-refractivity contribution is 0.00341. The van der Waals surface area contributed by atoms with Crippen LogP contribution in [0.3, 0.4) is 0 Å². The van der Waals surface area contributed by atoms with Crippen molar-refractivity contribution in [3.63, 3.8) is 0 Å². The fourth-order valence-electron chi connectivity index (χ4n) is 3.14. The highest BCUT2D eigenvalue weighted by atomic mass is 14.5. The van der Waals surface area contributed by atoms with Gasteiger partial charge in [0.15, 0.2) is 0 Å². The Morgan fingerprint density at radius 1 is 1.29 bits per heavy atom. The van der Waals surface area contributed by atoms with E-state index in [4.69, 9.17) is 0 Å². The van der Waals surface area contributed by atoms with Crippen molar-refractivity contribution in [1.29, 1.82) is 0 Å². The summed E-state index contributed by atoms with van der Waals surface area (Å²) in [7, 11) is 0. The van der Waals surface area contributed by atoms with E-state index in [1.54, 1.807) is 0 Å². The standard InChI is InChI=1S/C17H28/c1-7-8-9-14(4)15-12-17(5,6)16(15)11-10-13(2)3/h7,15-16H,1-2,4,8-12H2,3,5-6H3/t15-,16-/m1/s1. The predicted molar refractivity (Wildman–Crippen MR) is 78.0 cm³/mol. The molecule has 0 aromatic rings. The monoisotopic (exact) mass is 232 g/mol. The third-order valence-electron chi connectivity index (χ3n) is 4.31. The van der Waals surface area contributed by atoms with Crippen LogP contribution in [0.25, 0.3) is 0 Å². The topological polar surface area (TPSA) is 0 Å². The second-order valence-corrected chi connectivity index (χ2v) is 6.39. The van der Waals surface area contributed by atoms with E-state index in [0.29, 0.717) is 5.41 Å². The lowest BCUT2D eigenvalue weighted by Gasteiger charge is -2.53. The summed E-state index contributed by atoms with van der Waals surface area (Å²) in [6.07, 6.45) is 7.94. The quantitative estimate of drug-likeness (QED) is 0.506. The minimum atomic E-state index is 0.497. The van der Waals surface area contributed by atoms with Gasteiger partial charge in [0.1, 0.15) is 0 Å². The van der Waals surface area contributed by atoms with Crippen LogP contribution in [0.4, 0.5) is 0 Å². The SMILES string of the molecule is C=CCCC(=C)[C@H]1CC(C)(C)[C@@H]1CCC(=C)C. The molecular formula is C17H28. The van der Waals surface area contributed by atoms with Gasteiger partial charge in [0.25, 0.3) is 0 Å². The lowest BCUT2D eigenvalue weighted by atomic mass is 9.52. The van der Waals surface area contributed by atoms with Gasteiger partial charge in [-0.25, -0.2) is 0 Å². The molecule has 0 saturated heterocycles. The van der Waals surface area contributed by atoms with Crippen LogP contribution in [0.2, 0.25) is 0 Å². The Morgan fingerprint density at radius 3 is 2.41 bits per heavy atom. The fourth-order valence-corrected chi connectivity index (χ4v) is 3.14. The Labute approximate surface area is 108 Å². The molecule has 17 heavy (non-hydrogen) atoms. The smallest absolute Gasteiger partial charge is 0.0167 e. The predicted octanol–water partition coefficient (Wildman–Crippen LogP) is 5.53. The van der Waals surface area contributed by atoms with Crippen LogP contribution in [-0.2, 0) is 0 Å². The van der Waals surface area contributed by atoms with Gasteiger partial charge >= 0.3 is 0 Å². The number of rotatable bonds is 7. The fraction of sp³-hybridized carbons (Fsp3) is 0.647. The maximum atomic E-state index is 4.29. The van der Waals surface area contributed by atoms with Gasteiger partial charge in [0.05, 0.1) is 0 Å². The van der Waals surface area contributed by atoms with Crippen LogP contribution in [0.5, 0.6) is 0 Å². The second-order valence-electron chi connectivity index (χ2n) is 6.39. The largest absolute Gasteiger partial charge is 0.103 e. The van der Waals surface area contributed by atoms with Crippen molar-refractivity contribution in [2.75, 3.05) is 0 Å². The second kappa shape index (κ2) is 5.71. The van der Waals surface area contributed by atoms with E-state index in [-0.39, 0.29) is 0 Å². The van der Waals surface area contributed by atoms with E-state index in [1.807, 2.05) is 6.08 Å². The van der Waals surface area contributed by atoms with Crippen LogP contribution in [-0.4, -0.2) is 0 Å². The number of allylic oxidation sites excluding steroid dienone is 3. The molecule has 96 valence electrons. The van der Waals surface area contributed by atoms with Gasteiger partial charge in [-0.05, 0) is 56.3 Å². The van der Waals surface area contributed by atoms with Crippen LogP contribution < -0.4 is 0 Å². The first-order chi connectivity index (χ1) is 7.88. The molecule has 0 unspecified atom stereocenters. The number of hydrogen-bond donors (Lipinski definition) is 0. The first kappa shape index (κ1) is 14.3. The highest BCUT2D eigenvalue weighted by molar-refractivity contribution is 5.14. The molecule has 1 aliphatic carbocycles. The zero-order valence-electron chi connectivity index (χ0n) is 11.9. The molecule has 1 fully saturated rings. The Balaban J connectivity index is 2.53. The molecule has 1 rings (SSSR count). The van der Waals surface area contributed by atoms with Crippen molar-refractivity contribution in [2.24, 2.45) is 17.3 Å². The highest BCUT2D eigenvalue weighted by Crippen LogP contribution is 2.56. The zero-order valence-corrected chi connectivity index (χ0v) is 11.9. The maximum Gasteiger partial charge on any atom is -0.0167 e. The van der Waals surface area contributed by atoms with Crippen molar-refractivity contribution in [3.8, 4) is 0 Å². The van der Waals surface area contributed by atoms with Crippen molar-refractivity contribution in [3.05, 3.63) is 37.0 Å². The van der Waals surface area contributed by atoms with Gasteiger partial charge in [-0.1, -0.05) is 37.6 Å². The van der Waals surface area contributed by atoms with Gasteiger partial charge in [0, 0.05) is 0 Å². The van der Waals surface area contributed by atoms with Crippen LogP contribution in [0, 0.1) is 17.3 Å². The van der Waals surface area contributed by atoms with Gasteiger partial charge in [-0.2, -0.15) is 0 Å². The van der Waals surface area contributed by atoms with Crippen molar-refractivity contribution < 1.29 is 0 Å². The molecule has 0 N–H and O–H groups in total. The zero-order chi connectivity index (χ0) is 13.1. The first-order valence-corrected chi connectivity index (χ1v) is 6.81. The third kappa shape index (κ3) is 3.59. The minimum absolute atomic E-state index is 0.497. The Morgan fingerprint density at radius 2 is 1.94 bits per heavy atom. The van der Waals surface area contributed by atoms with Crippen LogP contribution in [0.1, 0.15) is 52.9 Å². The Bertz CT molecular complexity index is 306. The van der Waals surface area contributed by atoms with Crippen molar-refractivity contribution in [1.82, 2.24) is 0 Å². The molecule has 1 saturated carbocycles.